The first-order valence-corrected chi connectivity index (χ1v) is 9.33. The molecule has 0 N–H and O–H groups in total. The van der Waals surface area contributed by atoms with Crippen LogP contribution in [0.5, 0.6) is 0 Å². The summed E-state index contributed by atoms with van der Waals surface area (Å²) in [6, 6.07) is -1.21. The lowest BCUT2D eigenvalue weighted by molar-refractivity contribution is -0.156. The van der Waals surface area contributed by atoms with Crippen LogP contribution in [0.15, 0.2) is 0 Å². The number of methoxy groups -OCH3 is 1. The van der Waals surface area contributed by atoms with Crippen LogP contribution in [-0.4, -0.2) is 55.2 Å². The highest BCUT2D eigenvalue weighted by molar-refractivity contribution is 5.83. The van der Waals surface area contributed by atoms with Crippen molar-refractivity contribution in [3.05, 3.63) is 0 Å². The van der Waals surface area contributed by atoms with Crippen molar-refractivity contribution in [1.82, 2.24) is 4.90 Å². The molecule has 1 saturated carbocycles. The third-order valence-corrected chi connectivity index (χ3v) is 5.02. The van der Waals surface area contributed by atoms with E-state index < -0.39 is 30.8 Å². The fourth-order valence-corrected chi connectivity index (χ4v) is 3.46. The molecule has 1 aliphatic rings. The molecule has 0 saturated heterocycles. The van der Waals surface area contributed by atoms with Crippen molar-refractivity contribution in [1.29, 1.82) is 0 Å². The van der Waals surface area contributed by atoms with Gasteiger partial charge in [-0.15, -0.1) is 0 Å². The van der Waals surface area contributed by atoms with Gasteiger partial charge in [0.1, 0.15) is 18.4 Å². The summed E-state index contributed by atoms with van der Waals surface area (Å²) in [5.41, 5.74) is 0. The molecule has 0 aromatic carbocycles. The maximum absolute atomic E-state index is 12.8. The maximum Gasteiger partial charge on any atom is 0.413 e. The Hall–Kier alpha value is -2.12. The number of carbonyl (C=O) groups is 4. The average Bonchev–Trinajstić information content (AvgIpc) is 2.59. The van der Waals surface area contributed by atoms with Gasteiger partial charge in [-0.3, -0.25) is 9.69 Å². The van der Waals surface area contributed by atoms with Gasteiger partial charge in [-0.25, -0.2) is 9.59 Å². The zero-order valence-electron chi connectivity index (χ0n) is 16.8. The number of nitrogens with zero attached hydrogens (tertiary/aromatic N) is 1. The lowest BCUT2D eigenvalue weighted by Crippen LogP contribution is -2.49. The van der Waals surface area contributed by atoms with E-state index in [9.17, 15) is 19.2 Å². The molecule has 1 amide bonds. The van der Waals surface area contributed by atoms with Gasteiger partial charge in [-0.2, -0.15) is 0 Å². The molecule has 8 heteroatoms. The molecule has 1 fully saturated rings. The molecule has 154 valence electrons. The van der Waals surface area contributed by atoms with E-state index in [1.165, 1.54) is 6.92 Å². The highest BCUT2D eigenvalue weighted by atomic mass is 16.6. The number of hydrogen-bond acceptors (Lipinski definition) is 7. The normalized spacial score (nSPS) is 23.3. The lowest BCUT2D eigenvalue weighted by Gasteiger charge is -2.38. The van der Waals surface area contributed by atoms with Crippen LogP contribution in [0.3, 0.4) is 0 Å². The van der Waals surface area contributed by atoms with E-state index in [1.807, 2.05) is 0 Å². The largest absolute Gasteiger partial charge is 0.467 e. The van der Waals surface area contributed by atoms with Crippen LogP contribution in [0.1, 0.15) is 53.4 Å². The molecule has 0 aliphatic heterocycles. The summed E-state index contributed by atoms with van der Waals surface area (Å²) in [5, 5.41) is 0. The summed E-state index contributed by atoms with van der Waals surface area (Å²) in [7, 11) is 1.16. The van der Waals surface area contributed by atoms with Gasteiger partial charge in [-0.05, 0) is 30.6 Å². The smallest absolute Gasteiger partial charge is 0.413 e. The SMILES string of the molecule is COC(=O)C(CC=O)N(COC(C)=O)C(=O)OC1C[C@H](C)CC[C@H]1C(C)C. The number of amides is 1. The number of esters is 2. The molecular weight excluding hydrogens is 354 g/mol. The van der Waals surface area contributed by atoms with Gasteiger partial charge in [0.05, 0.1) is 7.11 Å². The number of ether oxygens (including phenoxy) is 3. The molecular formula is C19H31NO7. The summed E-state index contributed by atoms with van der Waals surface area (Å²) in [6.45, 7) is 6.98. The number of rotatable bonds is 8. The van der Waals surface area contributed by atoms with Crippen molar-refractivity contribution in [2.24, 2.45) is 17.8 Å². The minimum Gasteiger partial charge on any atom is -0.467 e. The summed E-state index contributed by atoms with van der Waals surface area (Å²) in [5.74, 6) is -0.421. The standard InChI is InChI=1S/C19H31NO7/c1-12(2)15-7-6-13(3)10-17(15)27-19(24)20(11-26-14(4)22)16(8-9-21)18(23)25-5/h9,12-13,15-17H,6-8,10-11H2,1-5H3/t13-,15+,16?,17?/m1/s1. The Kier molecular flexibility index (Phi) is 9.25. The van der Waals surface area contributed by atoms with Crippen molar-refractivity contribution in [3.63, 3.8) is 0 Å². The molecule has 1 aliphatic carbocycles. The highest BCUT2D eigenvalue weighted by Crippen LogP contribution is 2.35. The van der Waals surface area contributed by atoms with Crippen LogP contribution in [0.25, 0.3) is 0 Å². The van der Waals surface area contributed by atoms with Crippen LogP contribution in [-0.2, 0) is 28.6 Å². The monoisotopic (exact) mass is 385 g/mol. The first-order chi connectivity index (χ1) is 12.7. The number of hydrogen-bond donors (Lipinski definition) is 0. The Morgan fingerprint density at radius 1 is 1.22 bits per heavy atom. The summed E-state index contributed by atoms with van der Waals surface area (Å²) in [6.07, 6.45) is 1.90. The van der Waals surface area contributed by atoms with Crippen LogP contribution in [0, 0.1) is 17.8 Å². The van der Waals surface area contributed by atoms with E-state index in [4.69, 9.17) is 9.47 Å². The van der Waals surface area contributed by atoms with Gasteiger partial charge in [0.2, 0.25) is 0 Å². The fraction of sp³-hybridized carbons (Fsp3) is 0.789. The molecule has 8 nitrogen and oxygen atoms in total. The number of carbonyl (C=O) groups excluding carboxylic acids is 4. The van der Waals surface area contributed by atoms with E-state index >= 15 is 0 Å². The topological polar surface area (TPSA) is 99.2 Å². The Bertz CT molecular complexity index is 534. The first kappa shape index (κ1) is 22.9. The zero-order chi connectivity index (χ0) is 20.6. The average molecular weight is 385 g/mol. The zero-order valence-corrected chi connectivity index (χ0v) is 16.8. The van der Waals surface area contributed by atoms with Crippen LogP contribution >= 0.6 is 0 Å². The van der Waals surface area contributed by atoms with Gasteiger partial charge < -0.3 is 19.0 Å². The van der Waals surface area contributed by atoms with Crippen molar-refractivity contribution < 1.29 is 33.4 Å². The van der Waals surface area contributed by atoms with Crippen molar-refractivity contribution in [3.8, 4) is 0 Å². The van der Waals surface area contributed by atoms with E-state index in [1.54, 1.807) is 0 Å². The summed E-state index contributed by atoms with van der Waals surface area (Å²) >= 11 is 0. The second-order valence-electron chi connectivity index (χ2n) is 7.42. The van der Waals surface area contributed by atoms with Gasteiger partial charge >= 0.3 is 18.0 Å². The molecule has 2 unspecified atom stereocenters. The fourth-order valence-electron chi connectivity index (χ4n) is 3.46. The molecule has 0 heterocycles. The molecule has 0 aromatic rings. The third kappa shape index (κ3) is 6.84. The highest BCUT2D eigenvalue weighted by Gasteiger charge is 2.38. The molecule has 0 bridgehead atoms. The Balaban J connectivity index is 3.00. The van der Waals surface area contributed by atoms with E-state index in [2.05, 4.69) is 25.5 Å². The third-order valence-electron chi connectivity index (χ3n) is 5.02. The van der Waals surface area contributed by atoms with E-state index in [0.29, 0.717) is 18.1 Å². The second-order valence-corrected chi connectivity index (χ2v) is 7.42. The predicted octanol–water partition coefficient (Wildman–Crippen LogP) is 2.54. The molecule has 4 atom stereocenters. The molecule has 27 heavy (non-hydrogen) atoms. The van der Waals surface area contributed by atoms with Gasteiger partial charge in [0.15, 0.2) is 6.73 Å². The predicted molar refractivity (Wildman–Crippen MR) is 96.6 cm³/mol. The summed E-state index contributed by atoms with van der Waals surface area (Å²) < 4.78 is 15.3. The minimum absolute atomic E-state index is 0.211. The summed E-state index contributed by atoms with van der Waals surface area (Å²) in [4.78, 5) is 48.0. The van der Waals surface area contributed by atoms with Crippen LogP contribution < -0.4 is 0 Å². The van der Waals surface area contributed by atoms with Crippen LogP contribution in [0.4, 0.5) is 4.79 Å². The van der Waals surface area contributed by atoms with Gasteiger partial charge in [-0.1, -0.05) is 27.2 Å². The first-order valence-electron chi connectivity index (χ1n) is 9.33. The van der Waals surface area contributed by atoms with Crippen molar-refractivity contribution in [2.45, 2.75) is 65.5 Å². The maximum atomic E-state index is 12.8. The van der Waals surface area contributed by atoms with Gasteiger partial charge in [0, 0.05) is 13.3 Å². The Morgan fingerprint density at radius 2 is 1.89 bits per heavy atom. The Morgan fingerprint density at radius 3 is 2.41 bits per heavy atom. The van der Waals surface area contributed by atoms with Crippen molar-refractivity contribution >= 4 is 24.3 Å². The van der Waals surface area contributed by atoms with Gasteiger partial charge in [0.25, 0.3) is 0 Å². The van der Waals surface area contributed by atoms with E-state index in [0.717, 1.165) is 31.3 Å². The molecule has 0 aromatic heterocycles. The van der Waals surface area contributed by atoms with E-state index in [-0.39, 0.29) is 18.4 Å². The Labute approximate surface area is 160 Å². The lowest BCUT2D eigenvalue weighted by atomic mass is 9.75. The molecule has 1 rings (SSSR count). The second kappa shape index (κ2) is 10.9. The molecule has 0 radical (unpaired) electrons. The van der Waals surface area contributed by atoms with Crippen molar-refractivity contribution in [2.75, 3.05) is 13.8 Å². The minimum atomic E-state index is -1.21. The van der Waals surface area contributed by atoms with Crippen LogP contribution in [0.2, 0.25) is 0 Å². The molecule has 0 spiro atoms. The quantitative estimate of drug-likeness (QED) is 0.274. The number of aldehydes is 1.